The summed E-state index contributed by atoms with van der Waals surface area (Å²) in [6.07, 6.45) is 1.12. The maximum absolute atomic E-state index is 12.0. The summed E-state index contributed by atoms with van der Waals surface area (Å²) in [4.78, 5) is 35.8. The standard InChI is InChI=1S/C22H26ClN3O3/c1-15(2)25-21(28)14-16-5-11-19(12-6-16)26-20(27)4-3-13-24-22(29)17-7-9-18(23)10-8-17/h5-12,15H,3-4,13-14H2,1-2H3,(H,24,29)(H,25,28)(H,26,27). The third-order valence-electron chi connectivity index (χ3n) is 4.02. The molecule has 2 aromatic carbocycles. The highest BCUT2D eigenvalue weighted by Crippen LogP contribution is 2.11. The first-order valence-electron chi connectivity index (χ1n) is 9.55. The molecule has 3 N–H and O–H groups in total. The molecule has 0 fully saturated rings. The van der Waals surface area contributed by atoms with E-state index in [0.717, 1.165) is 5.56 Å². The van der Waals surface area contributed by atoms with Crippen molar-refractivity contribution < 1.29 is 14.4 Å². The van der Waals surface area contributed by atoms with Gasteiger partial charge in [0.25, 0.3) is 5.91 Å². The lowest BCUT2D eigenvalue weighted by molar-refractivity contribution is -0.121. The second kappa shape index (κ2) is 11.2. The zero-order chi connectivity index (χ0) is 21.2. The van der Waals surface area contributed by atoms with Gasteiger partial charge >= 0.3 is 0 Å². The van der Waals surface area contributed by atoms with E-state index in [1.54, 1.807) is 36.4 Å². The Morgan fingerprint density at radius 1 is 0.931 bits per heavy atom. The smallest absolute Gasteiger partial charge is 0.251 e. The van der Waals surface area contributed by atoms with Gasteiger partial charge in [0.1, 0.15) is 0 Å². The van der Waals surface area contributed by atoms with Crippen molar-refractivity contribution >= 4 is 35.0 Å². The number of carbonyl (C=O) groups excluding carboxylic acids is 3. The van der Waals surface area contributed by atoms with Gasteiger partial charge in [0.15, 0.2) is 0 Å². The van der Waals surface area contributed by atoms with Crippen molar-refractivity contribution in [1.82, 2.24) is 10.6 Å². The van der Waals surface area contributed by atoms with Crippen LogP contribution in [0.2, 0.25) is 5.02 Å². The van der Waals surface area contributed by atoms with Crippen LogP contribution in [0.25, 0.3) is 0 Å². The number of carbonyl (C=O) groups is 3. The Bertz CT molecular complexity index is 833. The summed E-state index contributed by atoms with van der Waals surface area (Å²) in [5.74, 6) is -0.354. The molecule has 0 saturated carbocycles. The van der Waals surface area contributed by atoms with Crippen molar-refractivity contribution in [2.45, 2.75) is 39.2 Å². The number of rotatable bonds is 9. The Hall–Kier alpha value is -2.86. The van der Waals surface area contributed by atoms with Crippen LogP contribution in [0.4, 0.5) is 5.69 Å². The largest absolute Gasteiger partial charge is 0.354 e. The normalized spacial score (nSPS) is 10.5. The van der Waals surface area contributed by atoms with E-state index in [0.29, 0.717) is 42.1 Å². The van der Waals surface area contributed by atoms with Crippen LogP contribution in [0.1, 0.15) is 42.6 Å². The van der Waals surface area contributed by atoms with Crippen LogP contribution in [-0.2, 0) is 16.0 Å². The Kier molecular flexibility index (Phi) is 8.68. The highest BCUT2D eigenvalue weighted by molar-refractivity contribution is 6.30. The van der Waals surface area contributed by atoms with Crippen molar-refractivity contribution in [2.24, 2.45) is 0 Å². The molecule has 0 bridgehead atoms. The second-order valence-electron chi connectivity index (χ2n) is 7.01. The monoisotopic (exact) mass is 415 g/mol. The van der Waals surface area contributed by atoms with Gasteiger partial charge in [0.05, 0.1) is 6.42 Å². The average molecular weight is 416 g/mol. The second-order valence-corrected chi connectivity index (χ2v) is 7.45. The minimum Gasteiger partial charge on any atom is -0.354 e. The Balaban J connectivity index is 1.69. The molecule has 154 valence electrons. The lowest BCUT2D eigenvalue weighted by Crippen LogP contribution is -2.31. The van der Waals surface area contributed by atoms with Gasteiger partial charge in [0, 0.05) is 35.3 Å². The van der Waals surface area contributed by atoms with E-state index >= 15 is 0 Å². The van der Waals surface area contributed by atoms with Gasteiger partial charge in [-0.25, -0.2) is 0 Å². The van der Waals surface area contributed by atoms with Gasteiger partial charge in [-0.3, -0.25) is 14.4 Å². The Morgan fingerprint density at radius 2 is 1.59 bits per heavy atom. The topological polar surface area (TPSA) is 87.3 Å². The van der Waals surface area contributed by atoms with Gasteiger partial charge in [-0.15, -0.1) is 0 Å². The highest BCUT2D eigenvalue weighted by Gasteiger charge is 2.08. The van der Waals surface area contributed by atoms with Crippen LogP contribution in [0.3, 0.4) is 0 Å². The quantitative estimate of drug-likeness (QED) is 0.547. The summed E-state index contributed by atoms with van der Waals surface area (Å²) < 4.78 is 0. The Morgan fingerprint density at radius 3 is 2.21 bits per heavy atom. The number of halogens is 1. The van der Waals surface area contributed by atoms with Crippen LogP contribution in [-0.4, -0.2) is 30.3 Å². The molecular weight excluding hydrogens is 390 g/mol. The molecule has 0 aliphatic carbocycles. The zero-order valence-electron chi connectivity index (χ0n) is 16.6. The van der Waals surface area contributed by atoms with E-state index in [2.05, 4.69) is 16.0 Å². The summed E-state index contributed by atoms with van der Waals surface area (Å²) in [5.41, 5.74) is 2.08. The molecule has 0 saturated heterocycles. The van der Waals surface area contributed by atoms with Crippen LogP contribution < -0.4 is 16.0 Å². The lowest BCUT2D eigenvalue weighted by Gasteiger charge is -2.09. The van der Waals surface area contributed by atoms with E-state index in [1.807, 2.05) is 26.0 Å². The molecule has 0 aromatic heterocycles. The van der Waals surface area contributed by atoms with Crippen molar-refractivity contribution in [2.75, 3.05) is 11.9 Å². The molecule has 7 heteroatoms. The van der Waals surface area contributed by atoms with Gasteiger partial charge < -0.3 is 16.0 Å². The molecule has 0 heterocycles. The fraction of sp³-hybridized carbons (Fsp3) is 0.318. The van der Waals surface area contributed by atoms with Crippen molar-refractivity contribution in [3.63, 3.8) is 0 Å². The molecule has 0 aliphatic heterocycles. The van der Waals surface area contributed by atoms with Crippen molar-refractivity contribution in [1.29, 1.82) is 0 Å². The molecule has 0 radical (unpaired) electrons. The zero-order valence-corrected chi connectivity index (χ0v) is 17.4. The summed E-state index contributed by atoms with van der Waals surface area (Å²) in [6, 6.07) is 13.9. The van der Waals surface area contributed by atoms with Gasteiger partial charge in [-0.1, -0.05) is 23.7 Å². The predicted octanol–water partition coefficient (Wildman–Crippen LogP) is 3.56. The molecular formula is C22H26ClN3O3. The fourth-order valence-electron chi connectivity index (χ4n) is 2.64. The van der Waals surface area contributed by atoms with Crippen molar-refractivity contribution in [3.8, 4) is 0 Å². The molecule has 0 unspecified atom stereocenters. The first-order valence-corrected chi connectivity index (χ1v) is 9.93. The van der Waals surface area contributed by atoms with Crippen LogP contribution in [0, 0.1) is 0 Å². The molecule has 6 nitrogen and oxygen atoms in total. The van der Waals surface area contributed by atoms with Crippen LogP contribution in [0.15, 0.2) is 48.5 Å². The number of hydrogen-bond donors (Lipinski definition) is 3. The number of benzene rings is 2. The highest BCUT2D eigenvalue weighted by atomic mass is 35.5. The van der Waals surface area contributed by atoms with E-state index in [1.165, 1.54) is 0 Å². The predicted molar refractivity (Wildman–Crippen MR) is 115 cm³/mol. The number of anilines is 1. The maximum atomic E-state index is 12.0. The van der Waals surface area contributed by atoms with Crippen molar-refractivity contribution in [3.05, 3.63) is 64.7 Å². The van der Waals surface area contributed by atoms with Crippen LogP contribution in [0.5, 0.6) is 0 Å². The summed E-state index contributed by atoms with van der Waals surface area (Å²) in [6.45, 7) is 4.23. The summed E-state index contributed by atoms with van der Waals surface area (Å²) in [7, 11) is 0. The molecule has 29 heavy (non-hydrogen) atoms. The Labute approximate surface area is 176 Å². The molecule has 2 rings (SSSR count). The number of nitrogens with one attached hydrogen (secondary N) is 3. The first kappa shape index (κ1) is 22.4. The van der Waals surface area contributed by atoms with Gasteiger partial charge in [0.2, 0.25) is 11.8 Å². The summed E-state index contributed by atoms with van der Waals surface area (Å²) >= 11 is 5.80. The average Bonchev–Trinajstić information content (AvgIpc) is 2.66. The van der Waals surface area contributed by atoms with Crippen LogP contribution >= 0.6 is 11.6 Å². The molecule has 3 amide bonds. The van der Waals surface area contributed by atoms with Gasteiger partial charge in [-0.05, 0) is 62.2 Å². The SMILES string of the molecule is CC(C)NC(=O)Cc1ccc(NC(=O)CCCNC(=O)c2ccc(Cl)cc2)cc1. The minimum atomic E-state index is -0.195. The molecule has 0 aliphatic rings. The van der Waals surface area contributed by atoms with E-state index in [-0.39, 0.29) is 23.8 Å². The molecule has 0 spiro atoms. The maximum Gasteiger partial charge on any atom is 0.251 e. The summed E-state index contributed by atoms with van der Waals surface area (Å²) in [5, 5.41) is 9.01. The minimum absolute atomic E-state index is 0.0302. The number of amides is 3. The number of hydrogen-bond acceptors (Lipinski definition) is 3. The van der Waals surface area contributed by atoms with E-state index in [4.69, 9.17) is 11.6 Å². The van der Waals surface area contributed by atoms with Gasteiger partial charge in [-0.2, -0.15) is 0 Å². The van der Waals surface area contributed by atoms with E-state index in [9.17, 15) is 14.4 Å². The van der Waals surface area contributed by atoms with E-state index < -0.39 is 0 Å². The fourth-order valence-corrected chi connectivity index (χ4v) is 2.77. The molecule has 0 atom stereocenters. The first-order chi connectivity index (χ1) is 13.8. The third kappa shape index (κ3) is 8.35. The third-order valence-corrected chi connectivity index (χ3v) is 4.28. The lowest BCUT2D eigenvalue weighted by atomic mass is 10.1. The molecule has 2 aromatic rings.